The van der Waals surface area contributed by atoms with E-state index < -0.39 is 39.3 Å². The molecule has 2 saturated heterocycles. The van der Waals surface area contributed by atoms with Gasteiger partial charge in [-0.3, -0.25) is 15.0 Å². The van der Waals surface area contributed by atoms with E-state index in [1.54, 1.807) is 55.5 Å². The van der Waals surface area contributed by atoms with E-state index in [1.165, 1.54) is 16.4 Å². The highest BCUT2D eigenvalue weighted by atomic mass is 32.2. The first-order valence-corrected chi connectivity index (χ1v) is 11.8. The second kappa shape index (κ2) is 8.36. The van der Waals surface area contributed by atoms with Crippen LogP contribution in [0.2, 0.25) is 0 Å². The molecule has 32 heavy (non-hydrogen) atoms. The number of piperidine rings is 1. The highest BCUT2D eigenvalue weighted by Gasteiger charge is 2.50. The van der Waals surface area contributed by atoms with Gasteiger partial charge in [-0.25, -0.2) is 13.2 Å². The van der Waals surface area contributed by atoms with Crippen molar-refractivity contribution >= 4 is 27.9 Å². The maximum absolute atomic E-state index is 12.9. The van der Waals surface area contributed by atoms with Crippen LogP contribution in [0.15, 0.2) is 65.6 Å². The highest BCUT2D eigenvalue weighted by Crippen LogP contribution is 2.28. The summed E-state index contributed by atoms with van der Waals surface area (Å²) in [7, 11) is -3.62. The summed E-state index contributed by atoms with van der Waals surface area (Å²) in [6, 6.07) is 16.2. The number of rotatable bonds is 5. The van der Waals surface area contributed by atoms with E-state index in [0.29, 0.717) is 10.6 Å². The van der Waals surface area contributed by atoms with Gasteiger partial charge in [-0.2, -0.15) is 9.31 Å². The number of hydrogen-bond acceptors (Lipinski definition) is 5. The van der Waals surface area contributed by atoms with Crippen LogP contribution < -0.4 is 10.7 Å². The van der Waals surface area contributed by atoms with Gasteiger partial charge in [0.1, 0.15) is 5.54 Å². The van der Waals surface area contributed by atoms with E-state index in [0.717, 1.165) is 0 Å². The molecule has 2 aliphatic heterocycles. The lowest BCUT2D eigenvalue weighted by molar-refractivity contribution is -0.141. The Morgan fingerprint density at radius 1 is 1.00 bits per heavy atom. The number of carbonyl (C=O) groups excluding carboxylic acids is 3. The smallest absolute Gasteiger partial charge is 0.318 e. The Morgan fingerprint density at radius 3 is 2.16 bits per heavy atom. The molecular formula is C22H24N4O5S. The van der Waals surface area contributed by atoms with Crippen LogP contribution in [0, 0.1) is 5.92 Å². The molecule has 0 bridgehead atoms. The van der Waals surface area contributed by atoms with E-state index >= 15 is 0 Å². The lowest BCUT2D eigenvalue weighted by atomic mass is 9.92. The van der Waals surface area contributed by atoms with E-state index in [9.17, 15) is 22.8 Å². The SMILES string of the molecule is CC1(c2ccccc2)NC(=O)N(NC(=O)C2CCN(S(=O)(=O)c3ccccc3)CC2)C1=O. The molecular weight excluding hydrogens is 432 g/mol. The van der Waals surface area contributed by atoms with Crippen molar-refractivity contribution < 1.29 is 22.8 Å². The molecule has 2 aliphatic rings. The lowest BCUT2D eigenvalue weighted by Gasteiger charge is -2.31. The van der Waals surface area contributed by atoms with Crippen LogP contribution in [0.5, 0.6) is 0 Å². The number of hydrogen-bond donors (Lipinski definition) is 2. The summed E-state index contributed by atoms with van der Waals surface area (Å²) >= 11 is 0. The molecule has 2 fully saturated rings. The fraction of sp³-hybridized carbons (Fsp3) is 0.318. The van der Waals surface area contributed by atoms with Gasteiger partial charge in [0.15, 0.2) is 0 Å². The molecule has 0 radical (unpaired) electrons. The predicted molar refractivity (Wildman–Crippen MR) is 115 cm³/mol. The fourth-order valence-electron chi connectivity index (χ4n) is 4.01. The molecule has 2 aromatic carbocycles. The number of hydrazine groups is 1. The van der Waals surface area contributed by atoms with Crippen molar-refractivity contribution in [2.45, 2.75) is 30.2 Å². The average molecular weight is 457 g/mol. The van der Waals surface area contributed by atoms with Gasteiger partial charge in [0, 0.05) is 19.0 Å². The summed E-state index contributed by atoms with van der Waals surface area (Å²) in [6.07, 6.45) is 0.578. The molecule has 168 valence electrons. The van der Waals surface area contributed by atoms with Gasteiger partial charge in [-0.1, -0.05) is 48.5 Å². The molecule has 4 rings (SSSR count). The second-order valence-electron chi connectivity index (χ2n) is 8.03. The van der Waals surface area contributed by atoms with Crippen molar-refractivity contribution in [3.05, 3.63) is 66.2 Å². The number of benzene rings is 2. The summed E-state index contributed by atoms with van der Waals surface area (Å²) in [5, 5.41) is 3.35. The van der Waals surface area contributed by atoms with Crippen molar-refractivity contribution in [2.75, 3.05) is 13.1 Å². The Bertz CT molecular complexity index is 1130. The summed E-state index contributed by atoms with van der Waals surface area (Å²) in [4.78, 5) is 38.3. The normalized spacial score (nSPS) is 22.6. The quantitative estimate of drug-likeness (QED) is 0.663. The molecule has 1 atom stereocenters. The molecule has 2 N–H and O–H groups in total. The first kappa shape index (κ1) is 22.0. The monoisotopic (exact) mass is 456 g/mol. The van der Waals surface area contributed by atoms with Crippen LogP contribution in [0.3, 0.4) is 0 Å². The van der Waals surface area contributed by atoms with Crippen molar-refractivity contribution in [3.8, 4) is 0 Å². The number of sulfonamides is 1. The van der Waals surface area contributed by atoms with Crippen molar-refractivity contribution in [1.82, 2.24) is 20.1 Å². The number of carbonyl (C=O) groups is 3. The summed E-state index contributed by atoms with van der Waals surface area (Å²) in [5.74, 6) is -1.57. The largest absolute Gasteiger partial charge is 0.344 e. The summed E-state index contributed by atoms with van der Waals surface area (Å²) in [6.45, 7) is 1.94. The van der Waals surface area contributed by atoms with E-state index in [1.807, 2.05) is 0 Å². The lowest BCUT2D eigenvalue weighted by Crippen LogP contribution is -2.51. The number of nitrogens with one attached hydrogen (secondary N) is 2. The van der Waals surface area contributed by atoms with Crippen LogP contribution in [0.25, 0.3) is 0 Å². The number of urea groups is 1. The van der Waals surface area contributed by atoms with Crippen LogP contribution in [-0.2, 0) is 25.2 Å². The molecule has 0 aliphatic carbocycles. The zero-order valence-electron chi connectivity index (χ0n) is 17.5. The van der Waals surface area contributed by atoms with Crippen molar-refractivity contribution in [1.29, 1.82) is 0 Å². The highest BCUT2D eigenvalue weighted by molar-refractivity contribution is 7.89. The Kier molecular flexibility index (Phi) is 5.74. The van der Waals surface area contributed by atoms with Crippen molar-refractivity contribution in [2.24, 2.45) is 5.92 Å². The van der Waals surface area contributed by atoms with Gasteiger partial charge in [0.2, 0.25) is 15.9 Å². The Hall–Kier alpha value is -3.24. The third kappa shape index (κ3) is 3.87. The minimum Gasteiger partial charge on any atom is -0.318 e. The zero-order valence-corrected chi connectivity index (χ0v) is 18.3. The molecule has 10 heteroatoms. The van der Waals surface area contributed by atoms with Gasteiger partial charge in [0.25, 0.3) is 5.91 Å². The first-order valence-electron chi connectivity index (χ1n) is 10.3. The fourth-order valence-corrected chi connectivity index (χ4v) is 5.50. The summed E-state index contributed by atoms with van der Waals surface area (Å²) < 4.78 is 26.9. The third-order valence-corrected chi connectivity index (χ3v) is 7.88. The van der Waals surface area contributed by atoms with Crippen LogP contribution in [0.4, 0.5) is 4.79 Å². The van der Waals surface area contributed by atoms with E-state index in [2.05, 4.69) is 10.7 Å². The van der Waals surface area contributed by atoms with Gasteiger partial charge in [0.05, 0.1) is 4.90 Å². The van der Waals surface area contributed by atoms with Gasteiger partial charge in [-0.15, -0.1) is 0 Å². The molecule has 0 saturated carbocycles. The van der Waals surface area contributed by atoms with Gasteiger partial charge >= 0.3 is 6.03 Å². The maximum Gasteiger partial charge on any atom is 0.344 e. The standard InChI is InChI=1S/C22H24N4O5S/c1-22(17-8-4-2-5-9-17)20(28)26(21(29)23-22)24-19(27)16-12-14-25(15-13-16)32(30,31)18-10-6-3-7-11-18/h2-11,16H,12-15H2,1H3,(H,23,29)(H,24,27). The molecule has 0 spiro atoms. The minimum absolute atomic E-state index is 0.178. The summed E-state index contributed by atoms with van der Waals surface area (Å²) in [5.41, 5.74) is 1.75. The molecule has 4 amide bonds. The van der Waals surface area contributed by atoms with Crippen LogP contribution in [-0.4, -0.2) is 48.7 Å². The minimum atomic E-state index is -3.62. The van der Waals surface area contributed by atoms with Gasteiger partial charge in [-0.05, 0) is 37.5 Å². The Morgan fingerprint density at radius 2 is 1.56 bits per heavy atom. The van der Waals surface area contributed by atoms with E-state index in [4.69, 9.17) is 0 Å². The molecule has 2 heterocycles. The number of imide groups is 1. The van der Waals surface area contributed by atoms with Gasteiger partial charge < -0.3 is 5.32 Å². The number of nitrogens with zero attached hydrogens (tertiary/aromatic N) is 2. The third-order valence-electron chi connectivity index (χ3n) is 5.97. The Labute approximate surface area is 186 Å². The topological polar surface area (TPSA) is 116 Å². The average Bonchev–Trinajstić information content (AvgIpc) is 3.04. The van der Waals surface area contributed by atoms with Crippen molar-refractivity contribution in [3.63, 3.8) is 0 Å². The van der Waals surface area contributed by atoms with E-state index in [-0.39, 0.29) is 30.8 Å². The first-order chi connectivity index (χ1) is 15.2. The molecule has 0 aromatic heterocycles. The zero-order chi connectivity index (χ0) is 22.9. The maximum atomic E-state index is 12.9. The number of amides is 4. The molecule has 9 nitrogen and oxygen atoms in total. The molecule has 1 unspecified atom stereocenters. The predicted octanol–water partition coefficient (Wildman–Crippen LogP) is 1.59. The Balaban J connectivity index is 1.39. The molecule has 2 aromatic rings. The van der Waals surface area contributed by atoms with Crippen LogP contribution >= 0.6 is 0 Å². The second-order valence-corrected chi connectivity index (χ2v) is 9.97. The van der Waals surface area contributed by atoms with Crippen LogP contribution in [0.1, 0.15) is 25.3 Å².